The Hall–Kier alpha value is -1.58. The third-order valence-electron chi connectivity index (χ3n) is 2.91. The zero-order chi connectivity index (χ0) is 14.5. The van der Waals surface area contributed by atoms with Crippen LogP contribution in [0.25, 0.3) is 0 Å². The second kappa shape index (κ2) is 6.73. The number of benzene rings is 1. The van der Waals surface area contributed by atoms with E-state index in [1.807, 2.05) is 31.2 Å². The lowest BCUT2D eigenvalue weighted by molar-refractivity contribution is 0.0752. The second-order valence-electron chi connectivity index (χ2n) is 4.32. The summed E-state index contributed by atoms with van der Waals surface area (Å²) in [5.74, 6) is -0.0726. The van der Waals surface area contributed by atoms with Gasteiger partial charge in [0.2, 0.25) is 0 Å². The van der Waals surface area contributed by atoms with Gasteiger partial charge >= 0.3 is 0 Å². The SMILES string of the molecule is CCN(Cc1cccc(Cl)c1)C(=O)c1ccc(Cl)nc1. The fourth-order valence-corrected chi connectivity index (χ4v) is 2.19. The zero-order valence-electron chi connectivity index (χ0n) is 11.0. The van der Waals surface area contributed by atoms with Crippen molar-refractivity contribution >= 4 is 29.1 Å². The van der Waals surface area contributed by atoms with Crippen molar-refractivity contribution < 1.29 is 4.79 Å². The number of carbonyl (C=O) groups excluding carboxylic acids is 1. The Kier molecular flexibility index (Phi) is 4.99. The molecule has 0 aliphatic carbocycles. The Morgan fingerprint density at radius 2 is 2.05 bits per heavy atom. The highest BCUT2D eigenvalue weighted by Gasteiger charge is 2.15. The third kappa shape index (κ3) is 3.71. The van der Waals surface area contributed by atoms with Crippen LogP contribution in [0.2, 0.25) is 10.2 Å². The Morgan fingerprint density at radius 1 is 1.25 bits per heavy atom. The van der Waals surface area contributed by atoms with Crippen LogP contribution in [-0.2, 0) is 6.54 Å². The molecule has 5 heteroatoms. The summed E-state index contributed by atoms with van der Waals surface area (Å²) in [6.45, 7) is 3.05. The smallest absolute Gasteiger partial charge is 0.255 e. The number of hydrogen-bond donors (Lipinski definition) is 0. The van der Waals surface area contributed by atoms with Crippen LogP contribution in [-0.4, -0.2) is 22.3 Å². The van der Waals surface area contributed by atoms with Gasteiger partial charge in [0.25, 0.3) is 5.91 Å². The standard InChI is InChI=1S/C15H14Cl2N2O/c1-2-19(10-11-4-3-5-13(16)8-11)15(20)12-6-7-14(17)18-9-12/h3-9H,2,10H2,1H3. The summed E-state index contributed by atoms with van der Waals surface area (Å²) in [4.78, 5) is 18.1. The van der Waals surface area contributed by atoms with Crippen LogP contribution in [0.3, 0.4) is 0 Å². The Balaban J connectivity index is 2.15. The van der Waals surface area contributed by atoms with E-state index in [0.29, 0.717) is 28.8 Å². The molecule has 0 N–H and O–H groups in total. The monoisotopic (exact) mass is 308 g/mol. The summed E-state index contributed by atoms with van der Waals surface area (Å²) >= 11 is 11.7. The molecule has 2 rings (SSSR count). The van der Waals surface area contributed by atoms with Crippen LogP contribution in [0, 0.1) is 0 Å². The second-order valence-corrected chi connectivity index (χ2v) is 5.14. The average Bonchev–Trinajstić information content (AvgIpc) is 2.45. The quantitative estimate of drug-likeness (QED) is 0.798. The molecule has 1 aromatic carbocycles. The van der Waals surface area contributed by atoms with E-state index in [1.54, 1.807) is 17.0 Å². The van der Waals surface area contributed by atoms with Gasteiger partial charge in [0.05, 0.1) is 5.56 Å². The van der Waals surface area contributed by atoms with Crippen molar-refractivity contribution in [2.75, 3.05) is 6.54 Å². The average molecular weight is 309 g/mol. The molecule has 0 saturated heterocycles. The van der Waals surface area contributed by atoms with Crippen molar-refractivity contribution in [1.29, 1.82) is 0 Å². The Labute approximate surface area is 128 Å². The van der Waals surface area contributed by atoms with Crippen LogP contribution >= 0.6 is 23.2 Å². The molecule has 0 radical (unpaired) electrons. The molecule has 0 atom stereocenters. The number of pyridine rings is 1. The Bertz CT molecular complexity index is 599. The first-order valence-corrected chi connectivity index (χ1v) is 7.01. The van der Waals surface area contributed by atoms with Crippen molar-refractivity contribution in [3.63, 3.8) is 0 Å². The highest BCUT2D eigenvalue weighted by atomic mass is 35.5. The maximum atomic E-state index is 12.4. The summed E-state index contributed by atoms with van der Waals surface area (Å²) in [7, 11) is 0. The Morgan fingerprint density at radius 3 is 2.65 bits per heavy atom. The van der Waals surface area contributed by atoms with Gasteiger partial charge in [-0.1, -0.05) is 35.3 Å². The zero-order valence-corrected chi connectivity index (χ0v) is 12.5. The highest BCUT2D eigenvalue weighted by Crippen LogP contribution is 2.15. The fraction of sp³-hybridized carbons (Fsp3) is 0.200. The molecular weight excluding hydrogens is 295 g/mol. The molecule has 0 aliphatic heterocycles. The van der Waals surface area contributed by atoms with Gasteiger partial charge in [-0.2, -0.15) is 0 Å². The normalized spacial score (nSPS) is 10.3. The van der Waals surface area contributed by atoms with E-state index in [-0.39, 0.29) is 5.91 Å². The summed E-state index contributed by atoms with van der Waals surface area (Å²) in [6.07, 6.45) is 1.49. The molecule has 3 nitrogen and oxygen atoms in total. The maximum absolute atomic E-state index is 12.4. The first-order chi connectivity index (χ1) is 9.60. The molecule has 20 heavy (non-hydrogen) atoms. The van der Waals surface area contributed by atoms with Gasteiger partial charge < -0.3 is 4.90 Å². The minimum Gasteiger partial charge on any atom is -0.335 e. The van der Waals surface area contributed by atoms with Crippen LogP contribution in [0.4, 0.5) is 0 Å². The predicted molar refractivity (Wildman–Crippen MR) is 81.1 cm³/mol. The molecule has 0 saturated carbocycles. The molecule has 2 aromatic rings. The van der Waals surface area contributed by atoms with Gasteiger partial charge in [-0.05, 0) is 36.8 Å². The molecule has 0 spiro atoms. The van der Waals surface area contributed by atoms with E-state index < -0.39 is 0 Å². The van der Waals surface area contributed by atoms with Crippen molar-refractivity contribution in [3.05, 3.63) is 63.9 Å². The number of rotatable bonds is 4. The predicted octanol–water partition coefficient (Wildman–Crippen LogP) is 4.05. The van der Waals surface area contributed by atoms with E-state index in [9.17, 15) is 4.79 Å². The van der Waals surface area contributed by atoms with Gasteiger partial charge in [0.15, 0.2) is 0 Å². The molecule has 1 heterocycles. The van der Waals surface area contributed by atoms with Crippen LogP contribution in [0.15, 0.2) is 42.6 Å². The van der Waals surface area contributed by atoms with Gasteiger partial charge in [0.1, 0.15) is 5.15 Å². The van der Waals surface area contributed by atoms with Crippen LogP contribution < -0.4 is 0 Å². The van der Waals surface area contributed by atoms with E-state index in [0.717, 1.165) is 5.56 Å². The number of nitrogens with zero attached hydrogens (tertiary/aromatic N) is 2. The number of aromatic nitrogens is 1. The summed E-state index contributed by atoms with van der Waals surface area (Å²) in [5, 5.41) is 1.04. The molecule has 0 bridgehead atoms. The van der Waals surface area contributed by atoms with Crippen LogP contribution in [0.1, 0.15) is 22.8 Å². The molecule has 1 amide bonds. The van der Waals surface area contributed by atoms with Crippen molar-refractivity contribution in [2.45, 2.75) is 13.5 Å². The van der Waals surface area contributed by atoms with Gasteiger partial charge in [-0.15, -0.1) is 0 Å². The van der Waals surface area contributed by atoms with Crippen LogP contribution in [0.5, 0.6) is 0 Å². The number of hydrogen-bond acceptors (Lipinski definition) is 2. The van der Waals surface area contributed by atoms with Gasteiger partial charge in [0, 0.05) is 24.3 Å². The highest BCUT2D eigenvalue weighted by molar-refractivity contribution is 6.30. The lowest BCUT2D eigenvalue weighted by Crippen LogP contribution is -2.30. The van der Waals surface area contributed by atoms with Gasteiger partial charge in [-0.3, -0.25) is 4.79 Å². The number of halogens is 2. The largest absolute Gasteiger partial charge is 0.335 e. The fourth-order valence-electron chi connectivity index (χ4n) is 1.87. The third-order valence-corrected chi connectivity index (χ3v) is 3.36. The van der Waals surface area contributed by atoms with Gasteiger partial charge in [-0.25, -0.2) is 4.98 Å². The van der Waals surface area contributed by atoms with E-state index in [1.165, 1.54) is 6.20 Å². The molecule has 0 fully saturated rings. The number of carbonyl (C=O) groups is 1. The molecule has 1 aromatic heterocycles. The number of amides is 1. The molecule has 0 aliphatic rings. The lowest BCUT2D eigenvalue weighted by atomic mass is 10.2. The summed E-state index contributed by atoms with van der Waals surface area (Å²) in [6, 6.07) is 10.8. The first kappa shape index (κ1) is 14.8. The lowest BCUT2D eigenvalue weighted by Gasteiger charge is -2.21. The minimum absolute atomic E-state index is 0.0726. The van der Waals surface area contributed by atoms with Crippen molar-refractivity contribution in [3.8, 4) is 0 Å². The van der Waals surface area contributed by atoms with Crippen molar-refractivity contribution in [2.24, 2.45) is 0 Å². The maximum Gasteiger partial charge on any atom is 0.255 e. The molecule has 104 valence electrons. The van der Waals surface area contributed by atoms with E-state index >= 15 is 0 Å². The first-order valence-electron chi connectivity index (χ1n) is 6.25. The topological polar surface area (TPSA) is 33.2 Å². The summed E-state index contributed by atoms with van der Waals surface area (Å²) < 4.78 is 0. The van der Waals surface area contributed by atoms with E-state index in [2.05, 4.69) is 4.98 Å². The summed E-state index contributed by atoms with van der Waals surface area (Å²) in [5.41, 5.74) is 1.52. The van der Waals surface area contributed by atoms with Crippen molar-refractivity contribution in [1.82, 2.24) is 9.88 Å². The molecule has 0 unspecified atom stereocenters. The van der Waals surface area contributed by atoms with E-state index in [4.69, 9.17) is 23.2 Å². The minimum atomic E-state index is -0.0726. The molecular formula is C15H14Cl2N2O.